The highest BCUT2D eigenvalue weighted by atomic mass is 35.5. The van der Waals surface area contributed by atoms with Gasteiger partial charge < -0.3 is 15.6 Å². The monoisotopic (exact) mass is 296 g/mol. The molecule has 108 valence electrons. The van der Waals surface area contributed by atoms with Gasteiger partial charge in [-0.25, -0.2) is 9.37 Å². The Hall–Kier alpha value is -1.59. The van der Waals surface area contributed by atoms with Crippen molar-refractivity contribution in [2.24, 2.45) is 5.73 Å². The second-order valence-corrected chi connectivity index (χ2v) is 5.28. The molecular formula is C14H18ClFN4. The van der Waals surface area contributed by atoms with Crippen molar-refractivity contribution in [3.05, 3.63) is 47.3 Å². The third kappa shape index (κ3) is 3.11. The molecule has 3 N–H and O–H groups in total. The molecule has 1 aromatic carbocycles. The Kier molecular flexibility index (Phi) is 4.62. The summed E-state index contributed by atoms with van der Waals surface area (Å²) < 4.78 is 15.3. The smallest absolute Gasteiger partial charge is 0.125 e. The second-order valence-electron chi connectivity index (χ2n) is 4.88. The van der Waals surface area contributed by atoms with Crippen molar-refractivity contribution in [2.75, 3.05) is 11.9 Å². The number of imidazole rings is 1. The number of halogens is 2. The number of rotatable bonds is 5. The Bertz CT molecular complexity index is 582. The van der Waals surface area contributed by atoms with E-state index in [0.717, 1.165) is 5.69 Å². The number of anilines is 1. The minimum Gasteiger partial charge on any atom is -0.374 e. The van der Waals surface area contributed by atoms with Crippen LogP contribution in [0.15, 0.2) is 30.7 Å². The number of hydrogen-bond donors (Lipinski definition) is 2. The predicted molar refractivity (Wildman–Crippen MR) is 79.4 cm³/mol. The topological polar surface area (TPSA) is 55.9 Å². The van der Waals surface area contributed by atoms with Gasteiger partial charge in [0.05, 0.1) is 35.0 Å². The second kappa shape index (κ2) is 6.24. The van der Waals surface area contributed by atoms with Crippen molar-refractivity contribution >= 4 is 17.3 Å². The van der Waals surface area contributed by atoms with Gasteiger partial charge in [-0.15, -0.1) is 0 Å². The molecule has 1 unspecified atom stereocenters. The molecule has 0 aliphatic rings. The fourth-order valence-electron chi connectivity index (χ4n) is 2.07. The van der Waals surface area contributed by atoms with Gasteiger partial charge in [-0.3, -0.25) is 0 Å². The Morgan fingerprint density at radius 3 is 2.85 bits per heavy atom. The molecule has 2 aromatic rings. The number of aromatic nitrogens is 2. The van der Waals surface area contributed by atoms with Crippen molar-refractivity contribution in [1.29, 1.82) is 0 Å². The Morgan fingerprint density at radius 1 is 1.45 bits per heavy atom. The first-order valence-electron chi connectivity index (χ1n) is 6.46. The van der Waals surface area contributed by atoms with E-state index < -0.39 is 0 Å². The minimum absolute atomic E-state index is 0.181. The molecule has 0 bridgehead atoms. The molecular weight excluding hydrogens is 279 g/mol. The van der Waals surface area contributed by atoms with Gasteiger partial charge in [0, 0.05) is 12.6 Å². The maximum absolute atomic E-state index is 13.3. The zero-order valence-electron chi connectivity index (χ0n) is 11.5. The van der Waals surface area contributed by atoms with Gasteiger partial charge in [0.1, 0.15) is 5.82 Å². The molecule has 1 aromatic heterocycles. The summed E-state index contributed by atoms with van der Waals surface area (Å²) in [6.07, 6.45) is 3.52. The Labute approximate surface area is 122 Å². The summed E-state index contributed by atoms with van der Waals surface area (Å²) in [6.45, 7) is 4.48. The quantitative estimate of drug-likeness (QED) is 0.889. The lowest BCUT2D eigenvalue weighted by molar-refractivity contribution is 0.553. The molecule has 2 rings (SSSR count). The lowest BCUT2D eigenvalue weighted by Crippen LogP contribution is -2.24. The fraction of sp³-hybridized carbons (Fsp3) is 0.357. The lowest BCUT2D eigenvalue weighted by Gasteiger charge is -2.22. The first-order valence-corrected chi connectivity index (χ1v) is 6.84. The molecule has 0 aliphatic heterocycles. The summed E-state index contributed by atoms with van der Waals surface area (Å²) in [6, 6.07) is 4.29. The fourth-order valence-corrected chi connectivity index (χ4v) is 2.24. The molecule has 0 radical (unpaired) electrons. The minimum atomic E-state index is -0.343. The molecule has 0 amide bonds. The largest absolute Gasteiger partial charge is 0.374 e. The molecule has 1 heterocycles. The molecule has 0 saturated carbocycles. The average molecular weight is 297 g/mol. The van der Waals surface area contributed by atoms with Gasteiger partial charge in [-0.05, 0) is 32.0 Å². The molecule has 20 heavy (non-hydrogen) atoms. The van der Waals surface area contributed by atoms with Gasteiger partial charge >= 0.3 is 0 Å². The number of nitrogens with zero attached hydrogens (tertiary/aromatic N) is 2. The van der Waals surface area contributed by atoms with Crippen LogP contribution in [0.3, 0.4) is 0 Å². The number of benzene rings is 1. The molecule has 4 nitrogen and oxygen atoms in total. The van der Waals surface area contributed by atoms with E-state index in [0.29, 0.717) is 17.3 Å². The summed E-state index contributed by atoms with van der Waals surface area (Å²) in [5.74, 6) is -0.343. The van der Waals surface area contributed by atoms with Crippen molar-refractivity contribution < 1.29 is 4.39 Å². The van der Waals surface area contributed by atoms with E-state index in [2.05, 4.69) is 24.1 Å². The van der Waals surface area contributed by atoms with Crippen LogP contribution in [0.25, 0.3) is 0 Å². The SMILES string of the molecule is CC(C)n1cncc1C(CN)Nc1cc(F)ccc1Cl. The Balaban J connectivity index is 2.29. The maximum Gasteiger partial charge on any atom is 0.125 e. The van der Waals surface area contributed by atoms with E-state index >= 15 is 0 Å². The van der Waals surface area contributed by atoms with Crippen LogP contribution in [0.2, 0.25) is 5.02 Å². The third-order valence-corrected chi connectivity index (χ3v) is 3.43. The van der Waals surface area contributed by atoms with Crippen LogP contribution in [0.1, 0.15) is 31.6 Å². The molecule has 6 heteroatoms. The van der Waals surface area contributed by atoms with Crippen LogP contribution in [-0.4, -0.2) is 16.1 Å². The van der Waals surface area contributed by atoms with E-state index in [4.69, 9.17) is 17.3 Å². The van der Waals surface area contributed by atoms with Gasteiger partial charge in [0.25, 0.3) is 0 Å². The Morgan fingerprint density at radius 2 is 2.20 bits per heavy atom. The zero-order valence-corrected chi connectivity index (χ0v) is 12.2. The summed E-state index contributed by atoms with van der Waals surface area (Å²) in [5.41, 5.74) is 7.30. The molecule has 0 saturated heterocycles. The van der Waals surface area contributed by atoms with Crippen molar-refractivity contribution in [3.63, 3.8) is 0 Å². The molecule has 0 fully saturated rings. The highest BCUT2D eigenvalue weighted by Crippen LogP contribution is 2.27. The maximum atomic E-state index is 13.3. The summed E-state index contributed by atoms with van der Waals surface area (Å²) in [4.78, 5) is 4.15. The standard InChI is InChI=1S/C14H18ClFN4/c1-9(2)20-8-18-7-14(20)13(6-17)19-12-5-10(16)3-4-11(12)15/h3-5,7-9,13,19H,6,17H2,1-2H3. The first-order chi connectivity index (χ1) is 9.52. The molecule has 0 aliphatic carbocycles. The van der Waals surface area contributed by atoms with Crippen LogP contribution in [0.4, 0.5) is 10.1 Å². The number of nitrogens with two attached hydrogens (primary N) is 1. The predicted octanol–water partition coefficient (Wildman–Crippen LogP) is 3.37. The van der Waals surface area contributed by atoms with Gasteiger partial charge in [-0.1, -0.05) is 11.6 Å². The number of hydrogen-bond acceptors (Lipinski definition) is 3. The van der Waals surface area contributed by atoms with Crippen LogP contribution in [0.5, 0.6) is 0 Å². The van der Waals surface area contributed by atoms with E-state index in [1.807, 2.05) is 4.57 Å². The van der Waals surface area contributed by atoms with E-state index in [-0.39, 0.29) is 17.9 Å². The van der Waals surface area contributed by atoms with Crippen molar-refractivity contribution in [1.82, 2.24) is 9.55 Å². The van der Waals surface area contributed by atoms with Crippen LogP contribution in [-0.2, 0) is 0 Å². The van der Waals surface area contributed by atoms with E-state index in [9.17, 15) is 4.39 Å². The summed E-state index contributed by atoms with van der Waals surface area (Å²) in [5, 5.41) is 3.64. The summed E-state index contributed by atoms with van der Waals surface area (Å²) in [7, 11) is 0. The van der Waals surface area contributed by atoms with Gasteiger partial charge in [0.15, 0.2) is 0 Å². The van der Waals surface area contributed by atoms with Gasteiger partial charge in [0.2, 0.25) is 0 Å². The molecule has 1 atom stereocenters. The number of nitrogens with one attached hydrogen (secondary N) is 1. The molecule has 0 spiro atoms. The normalized spacial score (nSPS) is 12.7. The van der Waals surface area contributed by atoms with E-state index in [1.165, 1.54) is 18.2 Å². The van der Waals surface area contributed by atoms with Crippen molar-refractivity contribution in [2.45, 2.75) is 25.9 Å². The van der Waals surface area contributed by atoms with Crippen LogP contribution in [0, 0.1) is 5.82 Å². The van der Waals surface area contributed by atoms with Crippen LogP contribution < -0.4 is 11.1 Å². The first kappa shape index (κ1) is 14.8. The zero-order chi connectivity index (χ0) is 14.7. The highest BCUT2D eigenvalue weighted by molar-refractivity contribution is 6.33. The van der Waals surface area contributed by atoms with Crippen molar-refractivity contribution in [3.8, 4) is 0 Å². The van der Waals surface area contributed by atoms with Gasteiger partial charge in [-0.2, -0.15) is 0 Å². The van der Waals surface area contributed by atoms with E-state index in [1.54, 1.807) is 12.5 Å². The lowest BCUT2D eigenvalue weighted by atomic mass is 10.2. The third-order valence-electron chi connectivity index (χ3n) is 3.10. The summed E-state index contributed by atoms with van der Waals surface area (Å²) >= 11 is 6.07. The highest BCUT2D eigenvalue weighted by Gasteiger charge is 2.17. The van der Waals surface area contributed by atoms with Crippen LogP contribution >= 0.6 is 11.6 Å². The average Bonchev–Trinajstić information content (AvgIpc) is 2.89.